The first kappa shape index (κ1) is 13.0. The number of hydrogen-bond donors (Lipinski definition) is 0. The first-order valence-corrected chi connectivity index (χ1v) is 5.46. The summed E-state index contributed by atoms with van der Waals surface area (Å²) in [6.07, 6.45) is 0.659. The molecular weight excluding hydrogens is 218 g/mol. The van der Waals surface area contributed by atoms with Gasteiger partial charge in [0.15, 0.2) is 0 Å². The number of nitriles is 1. The third-order valence-corrected chi connectivity index (χ3v) is 2.41. The van der Waals surface area contributed by atoms with Crippen LogP contribution in [0.2, 0.25) is 0 Å². The van der Waals surface area contributed by atoms with Crippen LogP contribution in [-0.2, 0) is 11.2 Å². The van der Waals surface area contributed by atoms with Gasteiger partial charge in [-0.05, 0) is 31.0 Å². The van der Waals surface area contributed by atoms with Crippen molar-refractivity contribution in [2.45, 2.75) is 20.3 Å². The number of nitrogens with zero attached hydrogens (tertiary/aromatic N) is 1. The number of methoxy groups -OCH3 is 1. The number of carbonyl (C=O) groups is 1. The van der Waals surface area contributed by atoms with E-state index in [-0.39, 0.29) is 0 Å². The monoisotopic (exact) mass is 233 g/mol. The van der Waals surface area contributed by atoms with E-state index in [2.05, 4.69) is 6.07 Å². The molecule has 0 aliphatic heterocycles. The van der Waals surface area contributed by atoms with Gasteiger partial charge >= 0.3 is 5.97 Å². The molecule has 0 amide bonds. The van der Waals surface area contributed by atoms with Crippen LogP contribution in [0.5, 0.6) is 5.75 Å². The van der Waals surface area contributed by atoms with Crippen LogP contribution < -0.4 is 4.74 Å². The van der Waals surface area contributed by atoms with Crippen LogP contribution in [0.3, 0.4) is 0 Å². The summed E-state index contributed by atoms with van der Waals surface area (Å²) in [6, 6.07) is 5.30. The Morgan fingerprint density at radius 3 is 2.59 bits per heavy atom. The van der Waals surface area contributed by atoms with Gasteiger partial charge in [0.2, 0.25) is 0 Å². The molecule has 1 aromatic carbocycles. The van der Waals surface area contributed by atoms with Gasteiger partial charge in [-0.3, -0.25) is 0 Å². The van der Waals surface area contributed by atoms with Gasteiger partial charge < -0.3 is 9.47 Å². The summed E-state index contributed by atoms with van der Waals surface area (Å²) in [7, 11) is 1.48. The largest absolute Gasteiger partial charge is 0.495 e. The van der Waals surface area contributed by atoms with Crippen LogP contribution in [0.15, 0.2) is 12.1 Å². The average molecular weight is 233 g/mol. The highest BCUT2D eigenvalue weighted by Crippen LogP contribution is 2.25. The van der Waals surface area contributed by atoms with Crippen molar-refractivity contribution >= 4 is 5.97 Å². The summed E-state index contributed by atoms with van der Waals surface area (Å²) in [5, 5.41) is 9.05. The standard InChI is InChI=1S/C13H15NO3/c1-4-9-6-10(13(15)17-5-2)7-12(16-3)11(9)8-14/h6-7H,4-5H2,1-3H3. The van der Waals surface area contributed by atoms with Gasteiger partial charge in [-0.2, -0.15) is 5.26 Å². The molecule has 90 valence electrons. The lowest BCUT2D eigenvalue weighted by Gasteiger charge is -2.10. The molecule has 17 heavy (non-hydrogen) atoms. The molecule has 0 N–H and O–H groups in total. The van der Waals surface area contributed by atoms with Crippen molar-refractivity contribution in [2.75, 3.05) is 13.7 Å². The molecule has 0 fully saturated rings. The fourth-order valence-electron chi connectivity index (χ4n) is 1.57. The maximum Gasteiger partial charge on any atom is 0.338 e. The molecule has 0 aromatic heterocycles. The van der Waals surface area contributed by atoms with E-state index in [1.54, 1.807) is 13.0 Å². The zero-order chi connectivity index (χ0) is 12.8. The zero-order valence-electron chi connectivity index (χ0n) is 10.2. The second-order valence-electron chi connectivity index (χ2n) is 3.40. The lowest BCUT2D eigenvalue weighted by molar-refractivity contribution is 0.0526. The number of aryl methyl sites for hydroxylation is 1. The Kier molecular flexibility index (Phi) is 4.53. The molecule has 0 bridgehead atoms. The average Bonchev–Trinajstić information content (AvgIpc) is 2.37. The maximum absolute atomic E-state index is 11.6. The van der Waals surface area contributed by atoms with E-state index in [0.717, 1.165) is 5.56 Å². The number of hydrogen-bond acceptors (Lipinski definition) is 4. The van der Waals surface area contributed by atoms with E-state index in [1.807, 2.05) is 6.92 Å². The molecule has 0 radical (unpaired) electrons. The predicted molar refractivity (Wildman–Crippen MR) is 63.0 cm³/mol. The van der Waals surface area contributed by atoms with Crippen molar-refractivity contribution in [2.24, 2.45) is 0 Å². The molecule has 0 aliphatic rings. The van der Waals surface area contributed by atoms with Crippen LogP contribution in [0.4, 0.5) is 0 Å². The van der Waals surface area contributed by atoms with Gasteiger partial charge in [-0.15, -0.1) is 0 Å². The molecule has 0 saturated carbocycles. The Morgan fingerprint density at radius 1 is 1.41 bits per heavy atom. The Morgan fingerprint density at radius 2 is 2.12 bits per heavy atom. The van der Waals surface area contributed by atoms with Crippen molar-refractivity contribution in [1.29, 1.82) is 5.26 Å². The number of rotatable bonds is 4. The highest BCUT2D eigenvalue weighted by Gasteiger charge is 2.15. The quantitative estimate of drug-likeness (QED) is 0.749. The third-order valence-electron chi connectivity index (χ3n) is 2.41. The molecule has 1 aromatic rings. The Bertz CT molecular complexity index is 435. The maximum atomic E-state index is 11.6. The van der Waals surface area contributed by atoms with Crippen LogP contribution in [0, 0.1) is 11.3 Å². The van der Waals surface area contributed by atoms with Gasteiger partial charge in [-0.1, -0.05) is 6.92 Å². The molecule has 0 atom stereocenters. The van der Waals surface area contributed by atoms with Crippen LogP contribution >= 0.6 is 0 Å². The molecular formula is C13H15NO3. The first-order chi connectivity index (χ1) is 8.17. The smallest absolute Gasteiger partial charge is 0.338 e. The number of carbonyl (C=O) groups excluding carboxylic acids is 1. The predicted octanol–water partition coefficient (Wildman–Crippen LogP) is 2.31. The lowest BCUT2D eigenvalue weighted by atomic mass is 10.0. The third kappa shape index (κ3) is 2.76. The van der Waals surface area contributed by atoms with E-state index in [9.17, 15) is 4.79 Å². The minimum atomic E-state index is -0.398. The molecule has 4 heteroatoms. The van der Waals surface area contributed by atoms with Gasteiger partial charge in [-0.25, -0.2) is 4.79 Å². The highest BCUT2D eigenvalue weighted by atomic mass is 16.5. The highest BCUT2D eigenvalue weighted by molar-refractivity contribution is 5.90. The van der Waals surface area contributed by atoms with E-state index >= 15 is 0 Å². The van der Waals surface area contributed by atoms with E-state index in [1.165, 1.54) is 13.2 Å². The van der Waals surface area contributed by atoms with Crippen LogP contribution in [-0.4, -0.2) is 19.7 Å². The SMILES string of the molecule is CCOC(=O)c1cc(CC)c(C#N)c(OC)c1. The Balaban J connectivity index is 3.28. The van der Waals surface area contributed by atoms with Crippen molar-refractivity contribution in [3.05, 3.63) is 28.8 Å². The summed E-state index contributed by atoms with van der Waals surface area (Å²) in [5.74, 6) is 0.0138. The second kappa shape index (κ2) is 5.90. The summed E-state index contributed by atoms with van der Waals surface area (Å²) < 4.78 is 10.0. The molecule has 4 nitrogen and oxygen atoms in total. The van der Waals surface area contributed by atoms with E-state index in [4.69, 9.17) is 14.7 Å². The summed E-state index contributed by atoms with van der Waals surface area (Å²) in [5.41, 5.74) is 1.68. The lowest BCUT2D eigenvalue weighted by Crippen LogP contribution is -2.07. The van der Waals surface area contributed by atoms with Gasteiger partial charge in [0.05, 0.1) is 24.8 Å². The van der Waals surface area contributed by atoms with Crippen molar-refractivity contribution in [1.82, 2.24) is 0 Å². The molecule has 1 rings (SSSR count). The minimum Gasteiger partial charge on any atom is -0.495 e. The van der Waals surface area contributed by atoms with Gasteiger partial charge in [0.1, 0.15) is 11.8 Å². The molecule has 0 spiro atoms. The van der Waals surface area contributed by atoms with Crippen molar-refractivity contribution in [3.63, 3.8) is 0 Å². The van der Waals surface area contributed by atoms with E-state index < -0.39 is 5.97 Å². The zero-order valence-corrected chi connectivity index (χ0v) is 10.2. The number of benzene rings is 1. The summed E-state index contributed by atoms with van der Waals surface area (Å²) in [4.78, 5) is 11.6. The second-order valence-corrected chi connectivity index (χ2v) is 3.40. The topological polar surface area (TPSA) is 59.3 Å². The van der Waals surface area contributed by atoms with Gasteiger partial charge in [0, 0.05) is 0 Å². The Hall–Kier alpha value is -2.02. The van der Waals surface area contributed by atoms with Crippen molar-refractivity contribution < 1.29 is 14.3 Å². The fourth-order valence-corrected chi connectivity index (χ4v) is 1.57. The van der Waals surface area contributed by atoms with E-state index in [0.29, 0.717) is 29.9 Å². The minimum absolute atomic E-state index is 0.322. The normalized spacial score (nSPS) is 9.53. The van der Waals surface area contributed by atoms with Crippen LogP contribution in [0.1, 0.15) is 35.3 Å². The molecule has 0 unspecified atom stereocenters. The Labute approximate surface area is 101 Å². The first-order valence-electron chi connectivity index (χ1n) is 5.46. The molecule has 0 aliphatic carbocycles. The van der Waals surface area contributed by atoms with Crippen molar-refractivity contribution in [3.8, 4) is 11.8 Å². The molecule has 0 heterocycles. The summed E-state index contributed by atoms with van der Waals surface area (Å²) in [6.45, 7) is 3.99. The number of esters is 1. The number of ether oxygens (including phenoxy) is 2. The molecule has 0 saturated heterocycles. The summed E-state index contributed by atoms with van der Waals surface area (Å²) >= 11 is 0. The fraction of sp³-hybridized carbons (Fsp3) is 0.385. The van der Waals surface area contributed by atoms with Gasteiger partial charge in [0.25, 0.3) is 0 Å². The van der Waals surface area contributed by atoms with Crippen LogP contribution in [0.25, 0.3) is 0 Å².